The third kappa shape index (κ3) is 1.92. The van der Waals surface area contributed by atoms with Gasteiger partial charge in [-0.15, -0.1) is 13.2 Å². The molecular formula is C19H16O. The summed E-state index contributed by atoms with van der Waals surface area (Å²) in [6, 6.07) is 10.3. The Hall–Kier alpha value is -2.41. The minimum atomic E-state index is 0.0939. The Labute approximate surface area is 118 Å². The van der Waals surface area contributed by atoms with Crippen LogP contribution in [0.1, 0.15) is 27.9 Å². The predicted molar refractivity (Wildman–Crippen MR) is 85.0 cm³/mol. The number of benzene rings is 2. The summed E-state index contributed by atoms with van der Waals surface area (Å²) in [4.78, 5) is 12.4. The Morgan fingerprint density at radius 1 is 1.00 bits per heavy atom. The fourth-order valence-electron chi connectivity index (χ4n) is 2.87. The zero-order chi connectivity index (χ0) is 14.1. The quantitative estimate of drug-likeness (QED) is 0.727. The van der Waals surface area contributed by atoms with Crippen LogP contribution in [0.15, 0.2) is 61.7 Å². The van der Waals surface area contributed by atoms with Crippen molar-refractivity contribution in [2.24, 2.45) is 0 Å². The van der Waals surface area contributed by atoms with Crippen LogP contribution < -0.4 is 0 Å². The first-order valence-electron chi connectivity index (χ1n) is 6.77. The highest BCUT2D eigenvalue weighted by Gasteiger charge is 2.20. The van der Waals surface area contributed by atoms with Crippen LogP contribution in [0.2, 0.25) is 0 Å². The van der Waals surface area contributed by atoms with E-state index in [4.69, 9.17) is 0 Å². The molecule has 0 heterocycles. The van der Waals surface area contributed by atoms with Gasteiger partial charge in [-0.2, -0.15) is 0 Å². The lowest BCUT2D eigenvalue weighted by atomic mass is 9.85. The first-order chi connectivity index (χ1) is 9.74. The number of allylic oxidation sites excluding steroid dienone is 4. The SMILES string of the molecule is C=CCC1=CC(=O)c2cc(CC=C)cc3cccc1c23. The van der Waals surface area contributed by atoms with E-state index in [1.165, 1.54) is 0 Å². The van der Waals surface area contributed by atoms with E-state index < -0.39 is 0 Å². The van der Waals surface area contributed by atoms with E-state index in [2.05, 4.69) is 31.4 Å². The summed E-state index contributed by atoms with van der Waals surface area (Å²) in [7, 11) is 0. The van der Waals surface area contributed by atoms with E-state index in [0.717, 1.165) is 45.9 Å². The van der Waals surface area contributed by atoms with Crippen molar-refractivity contribution >= 4 is 22.1 Å². The Morgan fingerprint density at radius 3 is 2.55 bits per heavy atom. The number of carbonyl (C=O) groups excluding carboxylic acids is 1. The second kappa shape index (κ2) is 4.93. The average Bonchev–Trinajstić information content (AvgIpc) is 2.44. The third-order valence-corrected chi connectivity index (χ3v) is 3.70. The molecule has 0 fully saturated rings. The highest BCUT2D eigenvalue weighted by molar-refractivity contribution is 6.22. The van der Waals surface area contributed by atoms with Gasteiger partial charge in [0, 0.05) is 10.9 Å². The van der Waals surface area contributed by atoms with Gasteiger partial charge >= 0.3 is 0 Å². The van der Waals surface area contributed by atoms with Crippen molar-refractivity contribution in [1.82, 2.24) is 0 Å². The molecule has 0 bridgehead atoms. The zero-order valence-corrected chi connectivity index (χ0v) is 11.4. The van der Waals surface area contributed by atoms with Gasteiger partial charge in [0.25, 0.3) is 0 Å². The standard InChI is InChI=1S/C19H16O/c1-3-6-13-10-15-8-5-9-16-14(7-4-2)12-18(20)17(11-13)19(15)16/h3-5,8-12H,1-2,6-7H2. The fourth-order valence-corrected chi connectivity index (χ4v) is 2.87. The lowest BCUT2D eigenvalue weighted by Gasteiger charge is -2.18. The second-order valence-electron chi connectivity index (χ2n) is 5.07. The summed E-state index contributed by atoms with van der Waals surface area (Å²) in [5, 5.41) is 2.20. The molecule has 0 saturated carbocycles. The third-order valence-electron chi connectivity index (χ3n) is 3.70. The highest BCUT2D eigenvalue weighted by Crippen LogP contribution is 2.35. The summed E-state index contributed by atoms with van der Waals surface area (Å²) in [5.41, 5.74) is 4.15. The van der Waals surface area contributed by atoms with Crippen molar-refractivity contribution < 1.29 is 4.79 Å². The minimum Gasteiger partial charge on any atom is -0.289 e. The van der Waals surface area contributed by atoms with Gasteiger partial charge in [0.15, 0.2) is 5.78 Å². The lowest BCUT2D eigenvalue weighted by Crippen LogP contribution is -2.06. The second-order valence-corrected chi connectivity index (χ2v) is 5.07. The largest absolute Gasteiger partial charge is 0.289 e. The molecule has 1 heteroatoms. The van der Waals surface area contributed by atoms with Gasteiger partial charge < -0.3 is 0 Å². The average molecular weight is 260 g/mol. The Bertz CT molecular complexity index is 763. The van der Waals surface area contributed by atoms with Gasteiger partial charge in [-0.25, -0.2) is 0 Å². The van der Waals surface area contributed by atoms with E-state index in [1.54, 1.807) is 6.08 Å². The number of hydrogen-bond acceptors (Lipinski definition) is 1. The van der Waals surface area contributed by atoms with Crippen LogP contribution in [-0.2, 0) is 6.42 Å². The van der Waals surface area contributed by atoms with Crippen LogP contribution in [0, 0.1) is 0 Å². The monoisotopic (exact) mass is 260 g/mol. The number of hydrogen-bond donors (Lipinski definition) is 0. The molecule has 20 heavy (non-hydrogen) atoms. The van der Waals surface area contributed by atoms with Gasteiger partial charge in [-0.05, 0) is 47.1 Å². The van der Waals surface area contributed by atoms with Crippen LogP contribution in [0.4, 0.5) is 0 Å². The topological polar surface area (TPSA) is 17.1 Å². The maximum atomic E-state index is 12.4. The smallest absolute Gasteiger partial charge is 0.186 e. The van der Waals surface area contributed by atoms with Gasteiger partial charge in [0.05, 0.1) is 0 Å². The lowest BCUT2D eigenvalue weighted by molar-refractivity contribution is 0.104. The summed E-state index contributed by atoms with van der Waals surface area (Å²) in [5.74, 6) is 0.0939. The molecule has 1 nitrogen and oxygen atoms in total. The molecule has 2 aromatic carbocycles. The summed E-state index contributed by atoms with van der Waals surface area (Å²) in [6.07, 6.45) is 6.96. The number of rotatable bonds is 4. The molecule has 0 aliphatic heterocycles. The molecule has 0 unspecified atom stereocenters. The van der Waals surface area contributed by atoms with Gasteiger partial charge in [-0.3, -0.25) is 4.79 Å². The summed E-state index contributed by atoms with van der Waals surface area (Å²) >= 11 is 0. The fraction of sp³-hybridized carbons (Fsp3) is 0.105. The van der Waals surface area contributed by atoms with Crippen molar-refractivity contribution in [3.8, 4) is 0 Å². The van der Waals surface area contributed by atoms with E-state index in [-0.39, 0.29) is 5.78 Å². The van der Waals surface area contributed by atoms with E-state index in [9.17, 15) is 4.79 Å². The van der Waals surface area contributed by atoms with E-state index in [1.807, 2.05) is 24.3 Å². The Morgan fingerprint density at radius 2 is 1.80 bits per heavy atom. The minimum absolute atomic E-state index is 0.0939. The molecule has 0 amide bonds. The van der Waals surface area contributed by atoms with Gasteiger partial charge in [0.1, 0.15) is 0 Å². The van der Waals surface area contributed by atoms with Crippen LogP contribution in [-0.4, -0.2) is 5.78 Å². The zero-order valence-electron chi connectivity index (χ0n) is 11.4. The Kier molecular flexibility index (Phi) is 3.11. The van der Waals surface area contributed by atoms with Gasteiger partial charge in [0.2, 0.25) is 0 Å². The van der Waals surface area contributed by atoms with Crippen molar-refractivity contribution in [3.63, 3.8) is 0 Å². The van der Waals surface area contributed by atoms with Crippen LogP contribution >= 0.6 is 0 Å². The Balaban J connectivity index is 2.31. The van der Waals surface area contributed by atoms with Crippen molar-refractivity contribution in [3.05, 3.63) is 78.4 Å². The first kappa shape index (κ1) is 12.6. The van der Waals surface area contributed by atoms with Crippen LogP contribution in [0.3, 0.4) is 0 Å². The van der Waals surface area contributed by atoms with Crippen molar-refractivity contribution in [2.75, 3.05) is 0 Å². The molecule has 0 aromatic heterocycles. The highest BCUT2D eigenvalue weighted by atomic mass is 16.1. The normalized spacial score (nSPS) is 13.2. The predicted octanol–water partition coefficient (Wildman–Crippen LogP) is 4.72. The molecule has 1 aliphatic carbocycles. The summed E-state index contributed by atoms with van der Waals surface area (Å²) in [6.45, 7) is 7.55. The van der Waals surface area contributed by atoms with Crippen LogP contribution in [0.25, 0.3) is 16.3 Å². The molecule has 0 N–H and O–H groups in total. The molecule has 1 aliphatic rings. The molecule has 3 rings (SSSR count). The first-order valence-corrected chi connectivity index (χ1v) is 6.77. The molecule has 0 atom stereocenters. The van der Waals surface area contributed by atoms with Crippen molar-refractivity contribution in [1.29, 1.82) is 0 Å². The number of ketones is 1. The molecule has 0 spiro atoms. The molecule has 98 valence electrons. The van der Waals surface area contributed by atoms with Gasteiger partial charge in [-0.1, -0.05) is 36.4 Å². The van der Waals surface area contributed by atoms with Crippen molar-refractivity contribution in [2.45, 2.75) is 12.8 Å². The maximum Gasteiger partial charge on any atom is 0.186 e. The number of carbonyl (C=O) groups is 1. The molecule has 0 saturated heterocycles. The molecule has 2 aromatic rings. The van der Waals surface area contributed by atoms with Crippen LogP contribution in [0.5, 0.6) is 0 Å². The maximum absolute atomic E-state index is 12.4. The summed E-state index contributed by atoms with van der Waals surface area (Å²) < 4.78 is 0. The van der Waals surface area contributed by atoms with E-state index in [0.29, 0.717) is 0 Å². The van der Waals surface area contributed by atoms with E-state index >= 15 is 0 Å². The molecule has 0 radical (unpaired) electrons. The molecular weight excluding hydrogens is 244 g/mol.